The van der Waals surface area contributed by atoms with Crippen molar-refractivity contribution in [3.05, 3.63) is 0 Å². The standard InChI is InChI=1S/C18H16F18N4O6/c19-13(20,21)11(14(22,23)24,15(25,26)27)45-4-10(9(44)39-1-7(37)42,3-40-8(43)2-38-6-41)5-46-12(16(28,29)30,17(31,32)33)18(34,35)36/h6H,1-5H2,(H2,37,42)(H,38,41)(H,39,44)(H,40,43). The first-order valence-electron chi connectivity index (χ1n) is 10.9. The summed E-state index contributed by atoms with van der Waals surface area (Å²) in [6.07, 6.45) is -46.5. The van der Waals surface area contributed by atoms with Crippen molar-refractivity contribution >= 4 is 24.1 Å². The van der Waals surface area contributed by atoms with Gasteiger partial charge in [0.05, 0.1) is 26.3 Å². The molecule has 4 amide bonds. The van der Waals surface area contributed by atoms with E-state index >= 15 is 0 Å². The number of nitrogens with two attached hydrogens (primary N) is 1. The Morgan fingerprint density at radius 3 is 1.15 bits per heavy atom. The summed E-state index contributed by atoms with van der Waals surface area (Å²) in [4.78, 5) is 45.8. The Morgan fingerprint density at radius 2 is 0.891 bits per heavy atom. The summed E-state index contributed by atoms with van der Waals surface area (Å²) < 4.78 is 247. The van der Waals surface area contributed by atoms with Gasteiger partial charge in [-0.1, -0.05) is 0 Å². The van der Waals surface area contributed by atoms with Gasteiger partial charge >= 0.3 is 48.3 Å². The number of hydrogen-bond acceptors (Lipinski definition) is 6. The van der Waals surface area contributed by atoms with Crippen LogP contribution in [0.4, 0.5) is 79.0 Å². The zero-order valence-electron chi connectivity index (χ0n) is 21.4. The summed E-state index contributed by atoms with van der Waals surface area (Å²) in [5.41, 5.74) is -14.9. The minimum Gasteiger partial charge on any atom is -0.368 e. The van der Waals surface area contributed by atoms with Crippen LogP contribution in [-0.2, 0) is 28.7 Å². The van der Waals surface area contributed by atoms with Crippen molar-refractivity contribution in [1.82, 2.24) is 16.0 Å². The highest BCUT2D eigenvalue weighted by Crippen LogP contribution is 2.57. The van der Waals surface area contributed by atoms with Crippen molar-refractivity contribution in [2.75, 3.05) is 32.8 Å². The minimum absolute atomic E-state index is 0.312. The molecule has 0 rings (SSSR count). The molecule has 0 bridgehead atoms. The van der Waals surface area contributed by atoms with Crippen LogP contribution in [0.3, 0.4) is 0 Å². The summed E-state index contributed by atoms with van der Waals surface area (Å²) in [6.45, 7) is -12.3. The van der Waals surface area contributed by atoms with Crippen molar-refractivity contribution in [2.24, 2.45) is 11.1 Å². The Kier molecular flexibility index (Phi) is 12.7. The number of ether oxygens (including phenoxy) is 2. The van der Waals surface area contributed by atoms with Gasteiger partial charge in [0, 0.05) is 6.54 Å². The van der Waals surface area contributed by atoms with Crippen LogP contribution in [-0.4, -0.2) is 105 Å². The normalized spacial score (nSPS) is 14.5. The van der Waals surface area contributed by atoms with Gasteiger partial charge < -0.3 is 31.2 Å². The highest BCUT2D eigenvalue weighted by Gasteiger charge is 2.87. The molecular formula is C18H16F18N4O6. The third-order valence-corrected chi connectivity index (χ3v) is 5.40. The Labute approximate surface area is 241 Å². The van der Waals surface area contributed by atoms with E-state index in [1.54, 1.807) is 0 Å². The molecule has 0 saturated carbocycles. The van der Waals surface area contributed by atoms with Crippen LogP contribution in [0.25, 0.3) is 0 Å². The minimum atomic E-state index is -7.69. The molecule has 46 heavy (non-hydrogen) atoms. The maximum absolute atomic E-state index is 13.4. The third kappa shape index (κ3) is 8.66. The highest BCUT2D eigenvalue weighted by atomic mass is 19.4. The smallest absolute Gasteiger partial charge is 0.368 e. The fraction of sp³-hybridized carbons (Fsp3) is 0.778. The maximum Gasteiger partial charge on any atom is 0.435 e. The van der Waals surface area contributed by atoms with Crippen molar-refractivity contribution in [3.8, 4) is 0 Å². The van der Waals surface area contributed by atoms with Gasteiger partial charge in [0.15, 0.2) is 0 Å². The predicted molar refractivity (Wildman–Crippen MR) is 105 cm³/mol. The van der Waals surface area contributed by atoms with E-state index in [4.69, 9.17) is 0 Å². The number of carbonyl (C=O) groups is 4. The fourth-order valence-electron chi connectivity index (χ4n) is 3.12. The fourth-order valence-corrected chi connectivity index (χ4v) is 3.12. The number of alkyl halides is 18. The van der Waals surface area contributed by atoms with Gasteiger partial charge in [-0.05, 0) is 0 Å². The summed E-state index contributed by atoms with van der Waals surface area (Å²) in [5.74, 6) is -6.34. The molecule has 5 N–H and O–H groups in total. The summed E-state index contributed by atoms with van der Waals surface area (Å²) in [5, 5.41) is 3.63. The SMILES string of the molecule is NC(=O)CNC(=O)C(CNC(=O)CNC=O)(COC(C(F)(F)F)(C(F)(F)F)C(F)(F)F)COC(C(F)(F)F)(C(F)(F)F)C(F)(F)F. The van der Waals surface area contributed by atoms with E-state index in [1.807, 2.05) is 0 Å². The summed E-state index contributed by atoms with van der Waals surface area (Å²) >= 11 is 0. The average Bonchev–Trinajstić information content (AvgIpc) is 2.79. The Bertz CT molecular complexity index is 967. The Hall–Kier alpha value is -3.46. The molecule has 0 aliphatic heterocycles. The monoisotopic (exact) mass is 726 g/mol. The lowest BCUT2D eigenvalue weighted by atomic mass is 9.86. The van der Waals surface area contributed by atoms with Crippen LogP contribution in [0.5, 0.6) is 0 Å². The summed E-state index contributed by atoms with van der Waals surface area (Å²) in [6, 6.07) is 0. The van der Waals surface area contributed by atoms with Crippen LogP contribution in [0.15, 0.2) is 0 Å². The first kappa shape index (κ1) is 42.5. The van der Waals surface area contributed by atoms with Crippen molar-refractivity contribution in [3.63, 3.8) is 0 Å². The lowest BCUT2D eigenvalue weighted by Gasteiger charge is -2.43. The third-order valence-electron chi connectivity index (χ3n) is 5.40. The van der Waals surface area contributed by atoms with E-state index in [9.17, 15) is 98.2 Å². The van der Waals surface area contributed by atoms with E-state index in [2.05, 4.69) is 15.2 Å². The van der Waals surface area contributed by atoms with Gasteiger partial charge in [0.2, 0.25) is 24.1 Å². The van der Waals surface area contributed by atoms with E-state index in [0.29, 0.717) is 0 Å². The largest absolute Gasteiger partial charge is 0.435 e. The zero-order chi connectivity index (χ0) is 37.0. The number of rotatable bonds is 14. The maximum atomic E-state index is 13.4. The molecular weight excluding hydrogens is 710 g/mol. The molecule has 0 atom stereocenters. The highest BCUT2D eigenvalue weighted by molar-refractivity contribution is 5.88. The Balaban J connectivity index is 7.70. The second kappa shape index (κ2) is 13.7. The molecule has 0 heterocycles. The lowest BCUT2D eigenvalue weighted by Crippen LogP contribution is -2.71. The van der Waals surface area contributed by atoms with E-state index in [-0.39, 0.29) is 6.41 Å². The number of primary amides is 1. The molecule has 28 heteroatoms. The van der Waals surface area contributed by atoms with Crippen LogP contribution < -0.4 is 21.7 Å². The molecule has 0 aliphatic rings. The number of nitrogens with one attached hydrogen (secondary N) is 3. The number of halogens is 18. The van der Waals surface area contributed by atoms with E-state index in [1.165, 1.54) is 5.32 Å². The number of hydrogen-bond donors (Lipinski definition) is 4. The van der Waals surface area contributed by atoms with Gasteiger partial charge in [-0.3, -0.25) is 19.2 Å². The van der Waals surface area contributed by atoms with Gasteiger partial charge in [-0.2, -0.15) is 79.0 Å². The van der Waals surface area contributed by atoms with E-state index < -0.39 is 104 Å². The predicted octanol–water partition coefficient (Wildman–Crippen LogP) is 2.32. The van der Waals surface area contributed by atoms with Gasteiger partial charge in [-0.25, -0.2) is 0 Å². The van der Waals surface area contributed by atoms with Crippen molar-refractivity contribution in [2.45, 2.75) is 48.3 Å². The molecule has 0 fully saturated rings. The van der Waals surface area contributed by atoms with Gasteiger partial charge in [0.1, 0.15) is 5.41 Å². The molecule has 0 aromatic carbocycles. The molecule has 0 spiro atoms. The van der Waals surface area contributed by atoms with Crippen LogP contribution in [0.2, 0.25) is 0 Å². The molecule has 0 radical (unpaired) electrons. The zero-order valence-corrected chi connectivity index (χ0v) is 21.4. The van der Waals surface area contributed by atoms with Gasteiger partial charge in [-0.15, -0.1) is 0 Å². The van der Waals surface area contributed by atoms with Crippen molar-refractivity contribution < 1.29 is 108 Å². The van der Waals surface area contributed by atoms with Crippen LogP contribution in [0, 0.1) is 5.41 Å². The topological polar surface area (TPSA) is 149 Å². The molecule has 0 aromatic heterocycles. The van der Waals surface area contributed by atoms with Crippen molar-refractivity contribution in [1.29, 1.82) is 0 Å². The molecule has 270 valence electrons. The van der Waals surface area contributed by atoms with Crippen LogP contribution >= 0.6 is 0 Å². The molecule has 10 nitrogen and oxygen atoms in total. The lowest BCUT2D eigenvalue weighted by molar-refractivity contribution is -0.465. The van der Waals surface area contributed by atoms with E-state index in [0.717, 1.165) is 10.6 Å². The molecule has 0 aliphatic carbocycles. The quantitative estimate of drug-likeness (QED) is 0.160. The average molecular weight is 726 g/mol. The summed E-state index contributed by atoms with van der Waals surface area (Å²) in [7, 11) is 0. The van der Waals surface area contributed by atoms with Crippen LogP contribution in [0.1, 0.15) is 0 Å². The molecule has 0 unspecified atom stereocenters. The second-order valence-corrected chi connectivity index (χ2v) is 8.63. The number of amides is 4. The van der Waals surface area contributed by atoms with Gasteiger partial charge in [0.25, 0.3) is 0 Å². The number of carbonyl (C=O) groups excluding carboxylic acids is 4. The second-order valence-electron chi connectivity index (χ2n) is 8.63. The molecule has 0 saturated heterocycles. The molecule has 0 aromatic rings. The first-order valence-corrected chi connectivity index (χ1v) is 10.9. The Morgan fingerprint density at radius 1 is 0.565 bits per heavy atom. The first-order chi connectivity index (χ1) is 20.2.